The fraction of sp³-hybridized carbons (Fsp3) is 0.263. The molecule has 0 aliphatic carbocycles. The molecule has 8 heteroatoms. The van der Waals surface area contributed by atoms with Crippen LogP contribution in [0.4, 0.5) is 5.69 Å². The molecule has 0 saturated heterocycles. The van der Waals surface area contributed by atoms with Gasteiger partial charge in [0.15, 0.2) is 0 Å². The van der Waals surface area contributed by atoms with E-state index in [1.165, 1.54) is 17.3 Å². The number of rotatable bonds is 5. The highest BCUT2D eigenvalue weighted by Gasteiger charge is 2.20. The number of aromatic nitrogens is 4. The minimum absolute atomic E-state index is 0.0966. The van der Waals surface area contributed by atoms with E-state index in [1.807, 2.05) is 39.8 Å². The van der Waals surface area contributed by atoms with E-state index < -0.39 is 0 Å². The molecule has 1 amide bonds. The number of carbonyl (C=O) groups excluding carboxylic acids is 1. The van der Waals surface area contributed by atoms with Crippen molar-refractivity contribution in [1.82, 2.24) is 20.2 Å². The lowest BCUT2D eigenvalue weighted by Gasteiger charge is -2.16. The standard InChI is InChI=1S/C19H20ClN5OS/c1-11-9-12(2)17(13(3)10-11)21-18(26)14(4)27-19-22-23-24-25(19)16-7-5-15(20)6-8-16/h5-10,14H,1-4H3,(H,21,26)/t14-/m0/s1. The summed E-state index contributed by atoms with van der Waals surface area (Å²) in [6, 6.07) is 11.3. The van der Waals surface area contributed by atoms with Gasteiger partial charge in [0.05, 0.1) is 10.9 Å². The van der Waals surface area contributed by atoms with E-state index in [1.54, 1.807) is 16.8 Å². The van der Waals surface area contributed by atoms with Gasteiger partial charge in [-0.3, -0.25) is 4.79 Å². The average molecular weight is 402 g/mol. The molecule has 2 aromatic carbocycles. The minimum Gasteiger partial charge on any atom is -0.325 e. The van der Waals surface area contributed by atoms with Gasteiger partial charge in [-0.25, -0.2) is 0 Å². The van der Waals surface area contributed by atoms with Crippen LogP contribution in [-0.2, 0) is 4.79 Å². The van der Waals surface area contributed by atoms with Crippen molar-refractivity contribution in [2.45, 2.75) is 38.1 Å². The maximum absolute atomic E-state index is 12.7. The van der Waals surface area contributed by atoms with Crippen LogP contribution in [0, 0.1) is 20.8 Å². The summed E-state index contributed by atoms with van der Waals surface area (Å²) in [5, 5.41) is 15.6. The molecule has 27 heavy (non-hydrogen) atoms. The van der Waals surface area contributed by atoms with Crippen molar-refractivity contribution in [3.63, 3.8) is 0 Å². The normalized spacial score (nSPS) is 12.0. The zero-order valence-electron chi connectivity index (χ0n) is 15.5. The molecule has 1 heterocycles. The number of amides is 1. The number of nitrogens with zero attached hydrogens (tertiary/aromatic N) is 4. The molecular weight excluding hydrogens is 382 g/mol. The van der Waals surface area contributed by atoms with Crippen molar-refractivity contribution >= 4 is 35.0 Å². The van der Waals surface area contributed by atoms with Gasteiger partial charge in [0.2, 0.25) is 11.1 Å². The number of aryl methyl sites for hydroxylation is 3. The second-order valence-corrected chi connectivity index (χ2v) is 8.12. The Balaban J connectivity index is 1.75. The molecule has 0 saturated carbocycles. The molecule has 0 aliphatic heterocycles. The van der Waals surface area contributed by atoms with Crippen LogP contribution in [0.3, 0.4) is 0 Å². The third-order valence-corrected chi connectivity index (χ3v) is 5.37. The highest BCUT2D eigenvalue weighted by molar-refractivity contribution is 8.00. The predicted molar refractivity (Wildman–Crippen MR) is 109 cm³/mol. The summed E-state index contributed by atoms with van der Waals surface area (Å²) in [4.78, 5) is 12.7. The van der Waals surface area contributed by atoms with E-state index in [-0.39, 0.29) is 11.2 Å². The van der Waals surface area contributed by atoms with Crippen LogP contribution >= 0.6 is 23.4 Å². The first-order valence-corrected chi connectivity index (χ1v) is 9.70. The Kier molecular flexibility index (Phi) is 5.82. The average Bonchev–Trinajstić information content (AvgIpc) is 3.06. The van der Waals surface area contributed by atoms with Crippen LogP contribution in [0.1, 0.15) is 23.6 Å². The van der Waals surface area contributed by atoms with Gasteiger partial charge in [0.1, 0.15) is 0 Å². The molecule has 0 aliphatic rings. The topological polar surface area (TPSA) is 72.7 Å². The first-order valence-electron chi connectivity index (χ1n) is 8.45. The summed E-state index contributed by atoms with van der Waals surface area (Å²) in [6.07, 6.45) is 0. The number of carbonyl (C=O) groups is 1. The summed E-state index contributed by atoms with van der Waals surface area (Å²) in [7, 11) is 0. The molecule has 0 fully saturated rings. The lowest BCUT2D eigenvalue weighted by molar-refractivity contribution is -0.115. The second-order valence-electron chi connectivity index (χ2n) is 6.37. The molecule has 3 aromatic rings. The molecule has 0 spiro atoms. The number of nitrogens with one attached hydrogen (secondary N) is 1. The Hall–Kier alpha value is -2.38. The number of tetrazole rings is 1. The number of benzene rings is 2. The Labute approximate surface area is 167 Å². The van der Waals surface area contributed by atoms with Crippen molar-refractivity contribution in [2.75, 3.05) is 5.32 Å². The largest absolute Gasteiger partial charge is 0.325 e. The monoisotopic (exact) mass is 401 g/mol. The molecule has 1 atom stereocenters. The fourth-order valence-corrected chi connectivity index (χ4v) is 3.74. The van der Waals surface area contributed by atoms with Gasteiger partial charge >= 0.3 is 0 Å². The summed E-state index contributed by atoms with van der Waals surface area (Å²) in [6.45, 7) is 7.86. The van der Waals surface area contributed by atoms with Gasteiger partial charge < -0.3 is 5.32 Å². The summed E-state index contributed by atoms with van der Waals surface area (Å²) < 4.78 is 1.59. The van der Waals surface area contributed by atoms with Crippen LogP contribution in [0.25, 0.3) is 5.69 Å². The van der Waals surface area contributed by atoms with Crippen molar-refractivity contribution in [3.05, 3.63) is 58.1 Å². The number of anilines is 1. The SMILES string of the molecule is Cc1cc(C)c(NC(=O)[C@H](C)Sc2nnnn2-c2ccc(Cl)cc2)c(C)c1. The molecule has 0 bridgehead atoms. The van der Waals surface area contributed by atoms with Crippen LogP contribution in [0.5, 0.6) is 0 Å². The van der Waals surface area contributed by atoms with Gasteiger partial charge in [-0.2, -0.15) is 4.68 Å². The lowest BCUT2D eigenvalue weighted by atomic mass is 10.1. The summed E-state index contributed by atoms with van der Waals surface area (Å²) >= 11 is 7.23. The van der Waals surface area contributed by atoms with E-state index in [0.29, 0.717) is 10.2 Å². The second kappa shape index (κ2) is 8.10. The van der Waals surface area contributed by atoms with E-state index in [2.05, 4.69) is 33.0 Å². The van der Waals surface area contributed by atoms with Gasteiger partial charge in [-0.15, -0.1) is 5.10 Å². The van der Waals surface area contributed by atoms with Crippen LogP contribution in [-0.4, -0.2) is 31.4 Å². The van der Waals surface area contributed by atoms with E-state index in [0.717, 1.165) is 22.5 Å². The van der Waals surface area contributed by atoms with Gasteiger partial charge in [-0.1, -0.05) is 41.1 Å². The Morgan fingerprint density at radius 2 is 1.78 bits per heavy atom. The van der Waals surface area contributed by atoms with Gasteiger partial charge in [0.25, 0.3) is 0 Å². The zero-order chi connectivity index (χ0) is 19.6. The lowest BCUT2D eigenvalue weighted by Crippen LogP contribution is -2.24. The van der Waals surface area contributed by atoms with Crippen LogP contribution in [0.2, 0.25) is 5.02 Å². The Bertz CT molecular complexity index is 947. The van der Waals surface area contributed by atoms with Crippen LogP contribution < -0.4 is 5.32 Å². The Morgan fingerprint density at radius 1 is 1.15 bits per heavy atom. The van der Waals surface area contributed by atoms with E-state index in [4.69, 9.17) is 11.6 Å². The first kappa shape index (κ1) is 19.4. The number of hydrogen-bond acceptors (Lipinski definition) is 5. The highest BCUT2D eigenvalue weighted by atomic mass is 35.5. The predicted octanol–water partition coefficient (Wildman–Crippen LogP) is 4.36. The van der Waals surface area contributed by atoms with Gasteiger partial charge in [0, 0.05) is 10.7 Å². The quantitative estimate of drug-likeness (QED) is 0.643. The molecule has 1 N–H and O–H groups in total. The maximum Gasteiger partial charge on any atom is 0.237 e. The van der Waals surface area contributed by atoms with Crippen molar-refractivity contribution in [3.8, 4) is 5.69 Å². The summed E-state index contributed by atoms with van der Waals surface area (Å²) in [5.74, 6) is -0.0966. The third-order valence-electron chi connectivity index (χ3n) is 4.09. The molecule has 1 aromatic heterocycles. The first-order chi connectivity index (χ1) is 12.8. The van der Waals surface area contributed by atoms with Crippen LogP contribution in [0.15, 0.2) is 41.6 Å². The number of halogens is 1. The molecule has 0 radical (unpaired) electrons. The molecule has 3 rings (SSSR count). The number of hydrogen-bond donors (Lipinski definition) is 1. The number of thioether (sulfide) groups is 1. The minimum atomic E-state index is -0.373. The fourth-order valence-electron chi connectivity index (χ4n) is 2.81. The maximum atomic E-state index is 12.7. The third kappa shape index (κ3) is 4.48. The molecule has 140 valence electrons. The van der Waals surface area contributed by atoms with Crippen molar-refractivity contribution in [1.29, 1.82) is 0 Å². The van der Waals surface area contributed by atoms with Crippen molar-refractivity contribution < 1.29 is 4.79 Å². The zero-order valence-corrected chi connectivity index (χ0v) is 17.1. The smallest absolute Gasteiger partial charge is 0.237 e. The van der Waals surface area contributed by atoms with Crippen molar-refractivity contribution in [2.24, 2.45) is 0 Å². The molecule has 6 nitrogen and oxygen atoms in total. The highest BCUT2D eigenvalue weighted by Crippen LogP contribution is 2.26. The molecule has 0 unspecified atom stereocenters. The van der Waals surface area contributed by atoms with E-state index >= 15 is 0 Å². The Morgan fingerprint density at radius 3 is 2.41 bits per heavy atom. The van der Waals surface area contributed by atoms with Gasteiger partial charge in [-0.05, 0) is 73.5 Å². The van der Waals surface area contributed by atoms with E-state index in [9.17, 15) is 4.79 Å². The summed E-state index contributed by atoms with van der Waals surface area (Å²) in [5.41, 5.74) is 4.90. The molecular formula is C19H20ClN5OS.